The van der Waals surface area contributed by atoms with Crippen LogP contribution in [-0.2, 0) is 20.7 Å². The highest BCUT2D eigenvalue weighted by molar-refractivity contribution is 5.77. The molecule has 146 valence electrons. The van der Waals surface area contributed by atoms with Crippen molar-refractivity contribution in [3.63, 3.8) is 0 Å². The number of likely N-dealkylation sites (tertiary alicyclic amines) is 1. The number of hydrogen-bond donors (Lipinski definition) is 2. The van der Waals surface area contributed by atoms with Gasteiger partial charge in [-0.2, -0.15) is 0 Å². The van der Waals surface area contributed by atoms with Crippen molar-refractivity contribution >= 4 is 5.91 Å². The summed E-state index contributed by atoms with van der Waals surface area (Å²) in [6.45, 7) is 3.74. The Morgan fingerprint density at radius 2 is 2.19 bits per heavy atom. The number of nitrogens with two attached hydrogens (primary N) is 1. The fraction of sp³-hybridized carbons (Fsp3) is 0.684. The van der Waals surface area contributed by atoms with Crippen LogP contribution in [0, 0.1) is 0 Å². The predicted octanol–water partition coefficient (Wildman–Crippen LogP) is 0.889. The normalized spacial score (nSPS) is 17.5. The highest BCUT2D eigenvalue weighted by Gasteiger charge is 2.22. The van der Waals surface area contributed by atoms with Crippen LogP contribution >= 0.6 is 0 Å². The molecule has 0 saturated carbocycles. The van der Waals surface area contributed by atoms with E-state index in [1.807, 2.05) is 12.4 Å². The van der Waals surface area contributed by atoms with Crippen LogP contribution in [0.15, 0.2) is 18.5 Å². The number of aromatic nitrogens is 1. The van der Waals surface area contributed by atoms with Gasteiger partial charge in [-0.3, -0.25) is 14.7 Å². The number of nitrogens with one attached hydrogen (secondary N) is 1. The average molecular weight is 364 g/mol. The summed E-state index contributed by atoms with van der Waals surface area (Å²) in [6.07, 6.45) is 8.15. The molecule has 1 aromatic heterocycles. The third-order valence-corrected chi connectivity index (χ3v) is 4.55. The number of aryl methyl sites for hydroxylation is 1. The largest absolute Gasteiger partial charge is 0.378 e. The molecule has 1 aliphatic heterocycles. The lowest BCUT2D eigenvalue weighted by Gasteiger charge is -2.19. The van der Waals surface area contributed by atoms with Crippen LogP contribution in [0.25, 0.3) is 0 Å². The molecule has 0 aliphatic carbocycles. The molecule has 1 atom stereocenters. The number of carbonyl (C=O) groups excluding carboxylic acids is 1. The first kappa shape index (κ1) is 20.8. The van der Waals surface area contributed by atoms with Gasteiger partial charge in [0.2, 0.25) is 5.91 Å². The molecule has 26 heavy (non-hydrogen) atoms. The van der Waals surface area contributed by atoms with Crippen molar-refractivity contribution in [2.24, 2.45) is 5.73 Å². The molecule has 0 aromatic carbocycles. The Labute approximate surface area is 156 Å². The van der Waals surface area contributed by atoms with Crippen molar-refractivity contribution in [1.82, 2.24) is 15.2 Å². The quantitative estimate of drug-likeness (QED) is 0.536. The number of nitrogens with zero attached hydrogens (tertiary/aromatic N) is 2. The lowest BCUT2D eigenvalue weighted by Crippen LogP contribution is -2.29. The van der Waals surface area contributed by atoms with E-state index in [4.69, 9.17) is 15.2 Å². The fourth-order valence-corrected chi connectivity index (χ4v) is 3.20. The lowest BCUT2D eigenvalue weighted by atomic mass is 10.0. The standard InChI is InChI=1S/C19H32N4O3/c1-23-8-3-5-18(23)17-12-16(13-21-14-17)4-2-7-22-19(24)15-26-11-10-25-9-6-20/h12-14,18H,2-11,15,20H2,1H3,(H,22,24). The molecule has 2 heterocycles. The molecule has 2 rings (SSSR count). The third kappa shape index (κ3) is 7.37. The summed E-state index contributed by atoms with van der Waals surface area (Å²) in [7, 11) is 2.17. The molecule has 0 bridgehead atoms. The molecule has 1 saturated heterocycles. The summed E-state index contributed by atoms with van der Waals surface area (Å²) in [4.78, 5) is 18.5. The van der Waals surface area contributed by atoms with Crippen molar-refractivity contribution in [3.05, 3.63) is 29.6 Å². The minimum atomic E-state index is -0.0942. The molecule has 0 spiro atoms. The predicted molar refractivity (Wildman–Crippen MR) is 101 cm³/mol. The van der Waals surface area contributed by atoms with Crippen molar-refractivity contribution in [2.75, 3.05) is 53.1 Å². The van der Waals surface area contributed by atoms with E-state index in [0.717, 1.165) is 19.4 Å². The number of carbonyl (C=O) groups is 1. The van der Waals surface area contributed by atoms with Crippen molar-refractivity contribution < 1.29 is 14.3 Å². The average Bonchev–Trinajstić information content (AvgIpc) is 3.08. The van der Waals surface area contributed by atoms with E-state index < -0.39 is 0 Å². The second kappa shape index (κ2) is 12.0. The van der Waals surface area contributed by atoms with Crippen molar-refractivity contribution in [3.8, 4) is 0 Å². The molecule has 1 fully saturated rings. The smallest absolute Gasteiger partial charge is 0.245 e. The molecule has 3 N–H and O–H groups in total. The van der Waals surface area contributed by atoms with Crippen LogP contribution in [0.1, 0.15) is 36.4 Å². The van der Waals surface area contributed by atoms with Crippen molar-refractivity contribution in [1.29, 1.82) is 0 Å². The van der Waals surface area contributed by atoms with Gasteiger partial charge >= 0.3 is 0 Å². The van der Waals surface area contributed by atoms with Gasteiger partial charge in [-0.15, -0.1) is 0 Å². The Morgan fingerprint density at radius 1 is 1.35 bits per heavy atom. The van der Waals surface area contributed by atoms with Gasteiger partial charge in [0, 0.05) is 31.5 Å². The SMILES string of the molecule is CN1CCCC1c1cncc(CCCNC(=O)COCCOCCN)c1. The zero-order valence-electron chi connectivity index (χ0n) is 15.8. The summed E-state index contributed by atoms with van der Waals surface area (Å²) < 4.78 is 10.4. The molecular formula is C19H32N4O3. The molecule has 1 aromatic rings. The molecule has 1 unspecified atom stereocenters. The fourth-order valence-electron chi connectivity index (χ4n) is 3.20. The van der Waals surface area contributed by atoms with Gasteiger partial charge in [0.05, 0.1) is 19.8 Å². The van der Waals surface area contributed by atoms with Crippen LogP contribution in [0.2, 0.25) is 0 Å². The Kier molecular flexibility index (Phi) is 9.55. The molecule has 1 amide bonds. The minimum absolute atomic E-state index is 0.0665. The molecule has 7 nitrogen and oxygen atoms in total. The zero-order chi connectivity index (χ0) is 18.6. The van der Waals surface area contributed by atoms with Gasteiger partial charge in [-0.25, -0.2) is 0 Å². The Bertz CT molecular complexity index is 541. The second-order valence-corrected chi connectivity index (χ2v) is 6.67. The lowest BCUT2D eigenvalue weighted by molar-refractivity contribution is -0.126. The van der Waals surface area contributed by atoms with Gasteiger partial charge in [0.1, 0.15) is 6.61 Å². The first-order valence-corrected chi connectivity index (χ1v) is 9.47. The van der Waals surface area contributed by atoms with Crippen LogP contribution in [0.3, 0.4) is 0 Å². The van der Waals surface area contributed by atoms with Gasteiger partial charge in [-0.1, -0.05) is 6.07 Å². The number of hydrogen-bond acceptors (Lipinski definition) is 6. The van der Waals surface area contributed by atoms with Crippen LogP contribution in [0.5, 0.6) is 0 Å². The summed E-state index contributed by atoms with van der Waals surface area (Å²) in [5.74, 6) is -0.0942. The topological polar surface area (TPSA) is 89.7 Å². The highest BCUT2D eigenvalue weighted by atomic mass is 16.5. The first-order chi connectivity index (χ1) is 12.7. The first-order valence-electron chi connectivity index (χ1n) is 9.47. The van der Waals surface area contributed by atoms with Crippen molar-refractivity contribution in [2.45, 2.75) is 31.7 Å². The summed E-state index contributed by atoms with van der Waals surface area (Å²) >= 11 is 0. The molecule has 7 heteroatoms. The zero-order valence-corrected chi connectivity index (χ0v) is 15.8. The molecular weight excluding hydrogens is 332 g/mol. The maximum absolute atomic E-state index is 11.7. The summed E-state index contributed by atoms with van der Waals surface area (Å²) in [5, 5.41) is 2.88. The Hall–Kier alpha value is -1.54. The van der Waals surface area contributed by atoms with E-state index in [2.05, 4.69) is 28.3 Å². The van der Waals surface area contributed by atoms with Crippen LogP contribution in [-0.4, -0.2) is 68.9 Å². The van der Waals surface area contributed by atoms with Crippen LogP contribution in [0.4, 0.5) is 0 Å². The Balaban J connectivity index is 1.59. The monoisotopic (exact) mass is 364 g/mol. The summed E-state index contributed by atoms with van der Waals surface area (Å²) in [6, 6.07) is 2.75. The summed E-state index contributed by atoms with van der Waals surface area (Å²) in [5.41, 5.74) is 7.84. The van der Waals surface area contributed by atoms with E-state index in [1.54, 1.807) is 0 Å². The van der Waals surface area contributed by atoms with Crippen LogP contribution < -0.4 is 11.1 Å². The van der Waals surface area contributed by atoms with E-state index >= 15 is 0 Å². The third-order valence-electron chi connectivity index (χ3n) is 4.55. The van der Waals surface area contributed by atoms with Gasteiger partial charge in [-0.05, 0) is 50.4 Å². The second-order valence-electron chi connectivity index (χ2n) is 6.67. The maximum atomic E-state index is 11.7. The van der Waals surface area contributed by atoms with E-state index in [-0.39, 0.29) is 12.5 Å². The number of amides is 1. The van der Waals surface area contributed by atoms with E-state index in [9.17, 15) is 4.79 Å². The minimum Gasteiger partial charge on any atom is -0.378 e. The van der Waals surface area contributed by atoms with Gasteiger partial charge < -0.3 is 20.5 Å². The molecule has 0 radical (unpaired) electrons. The highest BCUT2D eigenvalue weighted by Crippen LogP contribution is 2.30. The van der Waals surface area contributed by atoms with E-state index in [1.165, 1.54) is 24.0 Å². The molecule has 1 aliphatic rings. The van der Waals surface area contributed by atoms with E-state index in [0.29, 0.717) is 39.0 Å². The number of rotatable bonds is 12. The maximum Gasteiger partial charge on any atom is 0.245 e. The van der Waals surface area contributed by atoms with Gasteiger partial charge in [0.15, 0.2) is 0 Å². The number of pyridine rings is 1. The Morgan fingerprint density at radius 3 is 2.96 bits per heavy atom. The number of ether oxygens (including phenoxy) is 2. The van der Waals surface area contributed by atoms with Gasteiger partial charge in [0.25, 0.3) is 0 Å².